The number of nitrogens with zero attached hydrogens (tertiary/aromatic N) is 5. The standard InChI is InChI=1S/C23H21F2N7O/c1-12(2)32-18-8-14(7-15(24)22(18)27-11-20(32)33)21-16(25)10-28-23(31-21)30-19-4-3-13-9-26-6-5-17(13)29-19/h3-4,7-8,10-12,26H,5-6,9H2,1-2H3,(H,28,29,30,31). The largest absolute Gasteiger partial charge is 0.312 e. The number of hydrogen-bond donors (Lipinski definition) is 2. The SMILES string of the molecule is CC(C)n1c(=O)cnc2c(F)cc(-c3nc(Nc4ccc5c(n4)CCNC5)ncc3F)cc21. The van der Waals surface area contributed by atoms with Crippen molar-refractivity contribution in [2.45, 2.75) is 32.9 Å². The molecule has 33 heavy (non-hydrogen) atoms. The van der Waals surface area contributed by atoms with Gasteiger partial charge >= 0.3 is 0 Å². The van der Waals surface area contributed by atoms with Crippen LogP contribution in [-0.2, 0) is 13.0 Å². The zero-order valence-corrected chi connectivity index (χ0v) is 18.1. The van der Waals surface area contributed by atoms with Crippen molar-refractivity contribution in [3.05, 3.63) is 69.9 Å². The highest BCUT2D eigenvalue weighted by atomic mass is 19.1. The van der Waals surface area contributed by atoms with Crippen LogP contribution in [0.5, 0.6) is 0 Å². The summed E-state index contributed by atoms with van der Waals surface area (Å²) in [6, 6.07) is 6.21. The van der Waals surface area contributed by atoms with Crippen LogP contribution in [0.25, 0.3) is 22.3 Å². The van der Waals surface area contributed by atoms with Gasteiger partial charge < -0.3 is 15.2 Å². The second kappa shape index (κ2) is 8.28. The lowest BCUT2D eigenvalue weighted by molar-refractivity contribution is 0.591. The molecular formula is C23H21F2N7O. The number of hydrogen-bond acceptors (Lipinski definition) is 7. The van der Waals surface area contributed by atoms with Crippen molar-refractivity contribution in [1.82, 2.24) is 29.8 Å². The average molecular weight is 449 g/mol. The molecule has 10 heteroatoms. The Balaban J connectivity index is 1.57. The third-order valence-electron chi connectivity index (χ3n) is 5.54. The van der Waals surface area contributed by atoms with Crippen LogP contribution in [0.4, 0.5) is 20.5 Å². The lowest BCUT2D eigenvalue weighted by Gasteiger charge is -2.17. The minimum Gasteiger partial charge on any atom is -0.312 e. The molecule has 4 heterocycles. The Hall–Kier alpha value is -3.79. The van der Waals surface area contributed by atoms with Crippen LogP contribution >= 0.6 is 0 Å². The maximum Gasteiger partial charge on any atom is 0.269 e. The van der Waals surface area contributed by atoms with Crippen LogP contribution in [-0.4, -0.2) is 31.0 Å². The maximum atomic E-state index is 14.9. The van der Waals surface area contributed by atoms with Crippen molar-refractivity contribution < 1.29 is 8.78 Å². The van der Waals surface area contributed by atoms with Crippen molar-refractivity contribution in [3.63, 3.8) is 0 Å². The van der Waals surface area contributed by atoms with Crippen LogP contribution < -0.4 is 16.2 Å². The van der Waals surface area contributed by atoms with Gasteiger partial charge in [-0.05, 0) is 37.6 Å². The lowest BCUT2D eigenvalue weighted by Crippen LogP contribution is -2.24. The molecule has 0 radical (unpaired) electrons. The minimum atomic E-state index is -0.717. The van der Waals surface area contributed by atoms with Gasteiger partial charge in [-0.15, -0.1) is 0 Å². The Labute approximate surface area is 187 Å². The molecule has 168 valence electrons. The molecule has 0 bridgehead atoms. The first-order valence-corrected chi connectivity index (χ1v) is 10.6. The van der Waals surface area contributed by atoms with E-state index in [4.69, 9.17) is 0 Å². The third kappa shape index (κ3) is 3.93. The Morgan fingerprint density at radius 1 is 1.09 bits per heavy atom. The molecule has 0 aliphatic carbocycles. The highest BCUT2D eigenvalue weighted by Crippen LogP contribution is 2.28. The number of halogens is 2. The van der Waals surface area contributed by atoms with E-state index in [9.17, 15) is 13.6 Å². The van der Waals surface area contributed by atoms with E-state index in [2.05, 4.69) is 30.6 Å². The molecule has 5 rings (SSSR count). The minimum absolute atomic E-state index is 0.0348. The molecule has 3 aromatic heterocycles. The molecule has 1 aromatic carbocycles. The number of pyridine rings is 1. The van der Waals surface area contributed by atoms with E-state index >= 15 is 0 Å². The van der Waals surface area contributed by atoms with Crippen LogP contribution in [0.1, 0.15) is 31.1 Å². The Kier molecular flexibility index (Phi) is 5.29. The Bertz CT molecular complexity index is 1430. The molecule has 4 aromatic rings. The van der Waals surface area contributed by atoms with E-state index in [-0.39, 0.29) is 39.8 Å². The number of aromatic nitrogens is 5. The number of anilines is 2. The topological polar surface area (TPSA) is 97.6 Å². The third-order valence-corrected chi connectivity index (χ3v) is 5.54. The second-order valence-corrected chi connectivity index (χ2v) is 8.13. The molecule has 0 atom stereocenters. The number of benzene rings is 1. The maximum absolute atomic E-state index is 14.9. The molecule has 0 amide bonds. The van der Waals surface area contributed by atoms with Crippen LogP contribution in [0.3, 0.4) is 0 Å². The van der Waals surface area contributed by atoms with Gasteiger partial charge in [-0.2, -0.15) is 0 Å². The van der Waals surface area contributed by atoms with Gasteiger partial charge in [0.05, 0.1) is 17.9 Å². The molecule has 1 aliphatic rings. The van der Waals surface area contributed by atoms with Crippen molar-refractivity contribution in [2.24, 2.45) is 0 Å². The highest BCUT2D eigenvalue weighted by molar-refractivity contribution is 5.82. The number of nitrogens with one attached hydrogen (secondary N) is 2. The zero-order valence-electron chi connectivity index (χ0n) is 18.1. The average Bonchev–Trinajstić information content (AvgIpc) is 2.79. The first-order valence-electron chi connectivity index (χ1n) is 10.6. The summed E-state index contributed by atoms with van der Waals surface area (Å²) in [6.07, 6.45) is 2.91. The van der Waals surface area contributed by atoms with Crippen LogP contribution in [0.2, 0.25) is 0 Å². The molecule has 0 spiro atoms. The summed E-state index contributed by atoms with van der Waals surface area (Å²) in [6.45, 7) is 5.23. The van der Waals surface area contributed by atoms with Crippen LogP contribution in [0.15, 0.2) is 41.5 Å². The van der Waals surface area contributed by atoms with Crippen molar-refractivity contribution in [1.29, 1.82) is 0 Å². The summed E-state index contributed by atoms with van der Waals surface area (Å²) in [4.78, 5) is 29.1. The number of fused-ring (bicyclic) bond motifs is 2. The van der Waals surface area contributed by atoms with Gasteiger partial charge in [0.2, 0.25) is 5.95 Å². The summed E-state index contributed by atoms with van der Waals surface area (Å²) in [5, 5.41) is 6.29. The number of rotatable bonds is 4. The molecule has 1 aliphatic heterocycles. The molecular weight excluding hydrogens is 428 g/mol. The summed E-state index contributed by atoms with van der Waals surface area (Å²) < 4.78 is 31.0. The zero-order chi connectivity index (χ0) is 23.1. The molecule has 0 saturated heterocycles. The van der Waals surface area contributed by atoms with Gasteiger partial charge in [0, 0.05) is 36.8 Å². The highest BCUT2D eigenvalue weighted by Gasteiger charge is 2.17. The first kappa shape index (κ1) is 21.1. The van der Waals surface area contributed by atoms with E-state index in [1.807, 2.05) is 6.07 Å². The second-order valence-electron chi connectivity index (χ2n) is 8.13. The van der Waals surface area contributed by atoms with Gasteiger partial charge in [-0.1, -0.05) is 6.07 Å². The molecule has 0 saturated carbocycles. The van der Waals surface area contributed by atoms with E-state index in [1.165, 1.54) is 10.6 Å². The fourth-order valence-corrected chi connectivity index (χ4v) is 4.02. The van der Waals surface area contributed by atoms with E-state index in [0.717, 1.165) is 49.2 Å². The van der Waals surface area contributed by atoms with Gasteiger partial charge in [-0.3, -0.25) is 4.79 Å². The summed E-state index contributed by atoms with van der Waals surface area (Å²) in [7, 11) is 0. The molecule has 0 fully saturated rings. The predicted octanol–water partition coefficient (Wildman–Crippen LogP) is 3.50. The molecule has 8 nitrogen and oxygen atoms in total. The van der Waals surface area contributed by atoms with Crippen molar-refractivity contribution in [2.75, 3.05) is 11.9 Å². The lowest BCUT2D eigenvalue weighted by atomic mass is 10.1. The molecule has 2 N–H and O–H groups in total. The van der Waals surface area contributed by atoms with Gasteiger partial charge in [0.25, 0.3) is 5.56 Å². The predicted molar refractivity (Wildman–Crippen MR) is 120 cm³/mol. The van der Waals surface area contributed by atoms with Gasteiger partial charge in [-0.25, -0.2) is 28.7 Å². The van der Waals surface area contributed by atoms with Gasteiger partial charge in [0.1, 0.15) is 17.0 Å². The van der Waals surface area contributed by atoms with Crippen molar-refractivity contribution in [3.8, 4) is 11.3 Å². The monoisotopic (exact) mass is 449 g/mol. The van der Waals surface area contributed by atoms with E-state index in [1.54, 1.807) is 19.9 Å². The summed E-state index contributed by atoms with van der Waals surface area (Å²) in [5.74, 6) is -0.725. The summed E-state index contributed by atoms with van der Waals surface area (Å²) >= 11 is 0. The Morgan fingerprint density at radius 2 is 1.94 bits per heavy atom. The van der Waals surface area contributed by atoms with E-state index < -0.39 is 11.6 Å². The quantitative estimate of drug-likeness (QED) is 0.492. The van der Waals surface area contributed by atoms with E-state index in [0.29, 0.717) is 5.82 Å². The van der Waals surface area contributed by atoms with Crippen LogP contribution in [0, 0.1) is 11.6 Å². The fourth-order valence-electron chi connectivity index (χ4n) is 4.02. The first-order chi connectivity index (χ1) is 15.9. The fraction of sp³-hybridized carbons (Fsp3) is 0.261. The smallest absolute Gasteiger partial charge is 0.269 e. The Morgan fingerprint density at radius 3 is 2.76 bits per heavy atom. The van der Waals surface area contributed by atoms with Gasteiger partial charge in [0.15, 0.2) is 11.6 Å². The molecule has 0 unspecified atom stereocenters. The normalized spacial score (nSPS) is 13.4. The summed E-state index contributed by atoms with van der Waals surface area (Å²) in [5.41, 5.74) is 2.13. The van der Waals surface area contributed by atoms with Crippen molar-refractivity contribution >= 4 is 22.8 Å².